The summed E-state index contributed by atoms with van der Waals surface area (Å²) in [6.45, 7) is 5.94. The minimum absolute atomic E-state index is 0.643. The van der Waals surface area contributed by atoms with Crippen molar-refractivity contribution in [3.8, 4) is 0 Å². The highest BCUT2D eigenvalue weighted by Crippen LogP contribution is 2.35. The van der Waals surface area contributed by atoms with Crippen LogP contribution in [0.5, 0.6) is 0 Å². The molecule has 0 radical (unpaired) electrons. The fourth-order valence-electron chi connectivity index (χ4n) is 2.37. The largest absolute Gasteiger partial charge is 0.383 e. The third kappa shape index (κ3) is 4.53. The molecule has 1 fully saturated rings. The zero-order chi connectivity index (χ0) is 13.7. The number of rotatable bonds is 9. The number of hydrogen-bond donors (Lipinski definition) is 1. The first-order valence-electron chi connectivity index (χ1n) is 7.05. The van der Waals surface area contributed by atoms with Crippen LogP contribution < -0.4 is 5.32 Å². The maximum Gasteiger partial charge on any atom is 0.107 e. The van der Waals surface area contributed by atoms with Gasteiger partial charge in [-0.1, -0.05) is 0 Å². The van der Waals surface area contributed by atoms with Crippen LogP contribution in [-0.2, 0) is 17.8 Å². The summed E-state index contributed by atoms with van der Waals surface area (Å²) in [5.74, 6) is 0.882. The lowest BCUT2D eigenvalue weighted by Gasteiger charge is -2.28. The van der Waals surface area contributed by atoms with E-state index in [0.29, 0.717) is 6.04 Å². The molecule has 1 saturated carbocycles. The lowest BCUT2D eigenvalue weighted by Crippen LogP contribution is -2.36. The van der Waals surface area contributed by atoms with Gasteiger partial charge in [-0.25, -0.2) is 4.98 Å². The SMILES string of the molecule is CNCc1nc(CN(CCOC)C(C)C2CC2)cs1. The number of thiazole rings is 1. The van der Waals surface area contributed by atoms with E-state index in [2.05, 4.69) is 27.5 Å². The van der Waals surface area contributed by atoms with Gasteiger partial charge in [-0.3, -0.25) is 4.90 Å². The molecule has 108 valence electrons. The van der Waals surface area contributed by atoms with Gasteiger partial charge in [0.1, 0.15) is 5.01 Å². The van der Waals surface area contributed by atoms with E-state index < -0.39 is 0 Å². The van der Waals surface area contributed by atoms with E-state index in [9.17, 15) is 0 Å². The van der Waals surface area contributed by atoms with Crippen molar-refractivity contribution in [1.29, 1.82) is 0 Å². The molecule has 0 spiro atoms. The molecule has 1 aromatic heterocycles. The Kier molecular flexibility index (Phi) is 5.76. The number of nitrogens with zero attached hydrogens (tertiary/aromatic N) is 2. The second-order valence-corrected chi connectivity index (χ2v) is 6.25. The number of aromatic nitrogens is 1. The second kappa shape index (κ2) is 7.33. The van der Waals surface area contributed by atoms with Crippen LogP contribution in [0, 0.1) is 5.92 Å². The lowest BCUT2D eigenvalue weighted by molar-refractivity contribution is 0.111. The number of methoxy groups -OCH3 is 1. The van der Waals surface area contributed by atoms with Gasteiger partial charge in [-0.2, -0.15) is 0 Å². The Balaban J connectivity index is 1.92. The molecule has 0 bridgehead atoms. The quantitative estimate of drug-likeness (QED) is 0.753. The van der Waals surface area contributed by atoms with E-state index in [1.54, 1.807) is 18.4 Å². The monoisotopic (exact) mass is 283 g/mol. The molecule has 1 heterocycles. The van der Waals surface area contributed by atoms with Crippen molar-refractivity contribution < 1.29 is 4.74 Å². The van der Waals surface area contributed by atoms with Crippen molar-refractivity contribution in [2.75, 3.05) is 27.3 Å². The summed E-state index contributed by atoms with van der Waals surface area (Å²) in [6.07, 6.45) is 2.76. The second-order valence-electron chi connectivity index (χ2n) is 5.30. The number of hydrogen-bond acceptors (Lipinski definition) is 5. The molecule has 0 aliphatic heterocycles. The first kappa shape index (κ1) is 14.9. The fourth-order valence-corrected chi connectivity index (χ4v) is 3.17. The summed E-state index contributed by atoms with van der Waals surface area (Å²) in [7, 11) is 3.73. The average Bonchev–Trinajstić information content (AvgIpc) is 3.16. The normalized spacial score (nSPS) is 17.1. The Morgan fingerprint density at radius 2 is 2.37 bits per heavy atom. The molecular weight excluding hydrogens is 258 g/mol. The zero-order valence-electron chi connectivity index (χ0n) is 12.2. The molecule has 1 aromatic rings. The predicted molar refractivity (Wildman–Crippen MR) is 79.3 cm³/mol. The predicted octanol–water partition coefficient (Wildman–Crippen LogP) is 2.11. The average molecular weight is 283 g/mol. The van der Waals surface area contributed by atoms with E-state index in [4.69, 9.17) is 4.74 Å². The Bertz CT molecular complexity index is 379. The van der Waals surface area contributed by atoms with Crippen LogP contribution in [0.4, 0.5) is 0 Å². The highest BCUT2D eigenvalue weighted by Gasteiger charge is 2.32. The topological polar surface area (TPSA) is 37.4 Å². The van der Waals surface area contributed by atoms with Gasteiger partial charge < -0.3 is 10.1 Å². The third-order valence-electron chi connectivity index (χ3n) is 3.76. The van der Waals surface area contributed by atoms with E-state index in [1.807, 2.05) is 7.05 Å². The molecule has 0 saturated heterocycles. The van der Waals surface area contributed by atoms with E-state index >= 15 is 0 Å². The Morgan fingerprint density at radius 1 is 1.58 bits per heavy atom. The summed E-state index contributed by atoms with van der Waals surface area (Å²) in [5.41, 5.74) is 1.19. The molecular formula is C14H25N3OS. The van der Waals surface area contributed by atoms with Crippen LogP contribution in [0.3, 0.4) is 0 Å². The first-order chi connectivity index (χ1) is 9.24. The molecule has 5 heteroatoms. The van der Waals surface area contributed by atoms with E-state index in [-0.39, 0.29) is 0 Å². The van der Waals surface area contributed by atoms with Gasteiger partial charge in [0.15, 0.2) is 0 Å². The zero-order valence-corrected chi connectivity index (χ0v) is 13.0. The molecule has 1 aliphatic carbocycles. The van der Waals surface area contributed by atoms with Gasteiger partial charge in [0.25, 0.3) is 0 Å². The van der Waals surface area contributed by atoms with Gasteiger partial charge in [0, 0.05) is 38.2 Å². The maximum atomic E-state index is 5.23. The third-order valence-corrected chi connectivity index (χ3v) is 4.65. The molecule has 19 heavy (non-hydrogen) atoms. The first-order valence-corrected chi connectivity index (χ1v) is 7.93. The van der Waals surface area contributed by atoms with Crippen molar-refractivity contribution in [3.63, 3.8) is 0 Å². The van der Waals surface area contributed by atoms with Crippen LogP contribution in [-0.4, -0.2) is 43.2 Å². The van der Waals surface area contributed by atoms with Crippen molar-refractivity contribution in [1.82, 2.24) is 15.2 Å². The van der Waals surface area contributed by atoms with Gasteiger partial charge in [0.05, 0.1) is 12.3 Å². The molecule has 0 aromatic carbocycles. The fraction of sp³-hybridized carbons (Fsp3) is 0.786. The minimum atomic E-state index is 0.643. The maximum absolute atomic E-state index is 5.23. The smallest absolute Gasteiger partial charge is 0.107 e. The molecule has 1 unspecified atom stereocenters. The van der Waals surface area contributed by atoms with Gasteiger partial charge >= 0.3 is 0 Å². The highest BCUT2D eigenvalue weighted by molar-refractivity contribution is 7.09. The van der Waals surface area contributed by atoms with Crippen molar-refractivity contribution in [2.45, 2.75) is 38.9 Å². The molecule has 2 rings (SSSR count). The minimum Gasteiger partial charge on any atom is -0.383 e. The lowest BCUT2D eigenvalue weighted by atomic mass is 10.2. The van der Waals surface area contributed by atoms with Gasteiger partial charge in [0.2, 0.25) is 0 Å². The Hall–Kier alpha value is -0.490. The summed E-state index contributed by atoms with van der Waals surface area (Å²) in [6, 6.07) is 0.643. The van der Waals surface area contributed by atoms with Crippen LogP contribution in [0.1, 0.15) is 30.5 Å². The van der Waals surface area contributed by atoms with Crippen LogP contribution in [0.2, 0.25) is 0 Å². The molecule has 1 atom stereocenters. The molecule has 1 aliphatic rings. The van der Waals surface area contributed by atoms with Crippen molar-refractivity contribution in [3.05, 3.63) is 16.1 Å². The van der Waals surface area contributed by atoms with Crippen LogP contribution in [0.15, 0.2) is 5.38 Å². The van der Waals surface area contributed by atoms with Crippen LogP contribution >= 0.6 is 11.3 Å². The summed E-state index contributed by atoms with van der Waals surface area (Å²) in [5, 5.41) is 6.51. The Labute approximate surface area is 120 Å². The van der Waals surface area contributed by atoms with E-state index in [0.717, 1.165) is 32.2 Å². The number of ether oxygens (including phenoxy) is 1. The highest BCUT2D eigenvalue weighted by atomic mass is 32.1. The van der Waals surface area contributed by atoms with Crippen molar-refractivity contribution in [2.24, 2.45) is 5.92 Å². The van der Waals surface area contributed by atoms with Gasteiger partial charge in [-0.15, -0.1) is 11.3 Å². The summed E-state index contributed by atoms with van der Waals surface area (Å²) < 4.78 is 5.23. The molecule has 0 amide bonds. The number of nitrogens with one attached hydrogen (secondary N) is 1. The standard InChI is InChI=1S/C14H25N3OS/c1-11(12-4-5-12)17(6-7-18-3)9-13-10-19-14(16-13)8-15-2/h10-12,15H,4-9H2,1-3H3. The molecule has 1 N–H and O–H groups in total. The molecule has 4 nitrogen and oxygen atoms in total. The van der Waals surface area contributed by atoms with E-state index in [1.165, 1.54) is 23.5 Å². The Morgan fingerprint density at radius 3 is 3.00 bits per heavy atom. The van der Waals surface area contributed by atoms with Crippen molar-refractivity contribution >= 4 is 11.3 Å². The summed E-state index contributed by atoms with van der Waals surface area (Å²) in [4.78, 5) is 7.20. The van der Waals surface area contributed by atoms with Crippen LogP contribution in [0.25, 0.3) is 0 Å². The summed E-state index contributed by atoms with van der Waals surface area (Å²) >= 11 is 1.74. The van der Waals surface area contributed by atoms with Gasteiger partial charge in [-0.05, 0) is 32.7 Å².